The molecule has 6 nitrogen and oxygen atoms in total. The maximum Gasteiger partial charge on any atom is 0.194 e. The largest absolute Gasteiger partial charge is 0.381 e. The van der Waals surface area contributed by atoms with Crippen molar-refractivity contribution >= 4 is 5.96 Å². The Balaban J connectivity index is 1.55. The van der Waals surface area contributed by atoms with Gasteiger partial charge in [0.15, 0.2) is 5.96 Å². The monoisotopic (exact) mass is 352 g/mol. The van der Waals surface area contributed by atoms with Gasteiger partial charge in [0.2, 0.25) is 0 Å². The molecule has 1 spiro atoms. The molecule has 0 aromatic carbocycles. The van der Waals surface area contributed by atoms with Gasteiger partial charge in [-0.3, -0.25) is 9.89 Å². The lowest BCUT2D eigenvalue weighted by Crippen LogP contribution is -2.46. The van der Waals surface area contributed by atoms with Crippen LogP contribution in [0.1, 0.15) is 33.6 Å². The van der Waals surface area contributed by atoms with Gasteiger partial charge in [-0.15, -0.1) is 0 Å². The molecule has 1 N–H and O–H groups in total. The van der Waals surface area contributed by atoms with Gasteiger partial charge in [0, 0.05) is 51.3 Å². The molecule has 0 radical (unpaired) electrons. The molecule has 25 heavy (non-hydrogen) atoms. The van der Waals surface area contributed by atoms with Crippen molar-refractivity contribution in [3.05, 3.63) is 0 Å². The van der Waals surface area contributed by atoms with Crippen molar-refractivity contribution < 1.29 is 9.47 Å². The molecule has 0 amide bonds. The lowest BCUT2D eigenvalue weighted by atomic mass is 9.87. The number of nitrogens with zero attached hydrogens (tertiary/aromatic N) is 3. The van der Waals surface area contributed by atoms with Crippen LogP contribution in [0.5, 0.6) is 0 Å². The zero-order valence-electron chi connectivity index (χ0n) is 16.3. The molecule has 3 aliphatic heterocycles. The Hall–Kier alpha value is -0.850. The van der Waals surface area contributed by atoms with Crippen molar-refractivity contribution in [1.82, 2.24) is 15.1 Å². The minimum absolute atomic E-state index is 0.215. The van der Waals surface area contributed by atoms with Crippen LogP contribution in [0, 0.1) is 11.3 Å². The van der Waals surface area contributed by atoms with Crippen molar-refractivity contribution in [2.45, 2.75) is 39.7 Å². The van der Waals surface area contributed by atoms with E-state index in [4.69, 9.17) is 14.5 Å². The van der Waals surface area contributed by atoms with E-state index in [0.29, 0.717) is 11.3 Å². The van der Waals surface area contributed by atoms with Crippen LogP contribution >= 0.6 is 0 Å². The topological polar surface area (TPSA) is 49.3 Å². The molecule has 0 aromatic heterocycles. The molecular weight excluding hydrogens is 316 g/mol. The highest BCUT2D eigenvalue weighted by Gasteiger charge is 2.42. The summed E-state index contributed by atoms with van der Waals surface area (Å²) in [4.78, 5) is 9.87. The molecule has 6 heteroatoms. The van der Waals surface area contributed by atoms with E-state index in [-0.39, 0.29) is 6.10 Å². The molecule has 3 saturated heterocycles. The molecule has 3 aliphatic rings. The van der Waals surface area contributed by atoms with Gasteiger partial charge >= 0.3 is 0 Å². The second-order valence-corrected chi connectivity index (χ2v) is 8.31. The standard InChI is InChI=1S/C19H36N4O2/c1-4-20-18(23-7-5-19(14-23)6-9-24-15-19)21-11-17-13-22(8-10-25-17)12-16(2)3/h16-17H,4-15H2,1-3H3,(H,20,21). The molecule has 0 saturated carbocycles. The highest BCUT2D eigenvalue weighted by molar-refractivity contribution is 5.80. The van der Waals surface area contributed by atoms with Crippen LogP contribution in [0.2, 0.25) is 0 Å². The number of morpholine rings is 1. The predicted octanol–water partition coefficient (Wildman–Crippen LogP) is 1.42. The summed E-state index contributed by atoms with van der Waals surface area (Å²) < 4.78 is 11.6. The fourth-order valence-electron chi connectivity index (χ4n) is 4.27. The van der Waals surface area contributed by atoms with Gasteiger partial charge < -0.3 is 19.7 Å². The normalized spacial score (nSPS) is 31.4. The maximum absolute atomic E-state index is 5.96. The van der Waals surface area contributed by atoms with E-state index < -0.39 is 0 Å². The van der Waals surface area contributed by atoms with Crippen LogP contribution < -0.4 is 5.32 Å². The highest BCUT2D eigenvalue weighted by Crippen LogP contribution is 2.38. The molecule has 3 heterocycles. The Morgan fingerprint density at radius 2 is 2.16 bits per heavy atom. The van der Waals surface area contributed by atoms with Crippen LogP contribution in [0.3, 0.4) is 0 Å². The lowest BCUT2D eigenvalue weighted by Gasteiger charge is -2.33. The number of rotatable bonds is 5. The zero-order valence-corrected chi connectivity index (χ0v) is 16.3. The van der Waals surface area contributed by atoms with Gasteiger partial charge in [0.25, 0.3) is 0 Å². The van der Waals surface area contributed by atoms with Crippen molar-refractivity contribution in [2.75, 3.05) is 65.6 Å². The van der Waals surface area contributed by atoms with E-state index in [2.05, 4.69) is 35.9 Å². The third-order valence-corrected chi connectivity index (χ3v) is 5.55. The minimum Gasteiger partial charge on any atom is -0.381 e. The summed E-state index contributed by atoms with van der Waals surface area (Å²) in [7, 11) is 0. The Morgan fingerprint density at radius 1 is 1.28 bits per heavy atom. The first-order valence-corrected chi connectivity index (χ1v) is 10.1. The summed E-state index contributed by atoms with van der Waals surface area (Å²) in [5.41, 5.74) is 0.367. The Morgan fingerprint density at radius 3 is 2.88 bits per heavy atom. The van der Waals surface area contributed by atoms with Crippen molar-refractivity contribution in [3.8, 4) is 0 Å². The second kappa shape index (κ2) is 8.69. The quantitative estimate of drug-likeness (QED) is 0.599. The van der Waals surface area contributed by atoms with E-state index in [1.807, 2.05) is 0 Å². The fraction of sp³-hybridized carbons (Fsp3) is 0.947. The van der Waals surface area contributed by atoms with E-state index in [0.717, 1.165) is 71.6 Å². The molecule has 3 rings (SSSR count). The lowest BCUT2D eigenvalue weighted by molar-refractivity contribution is -0.0262. The van der Waals surface area contributed by atoms with Gasteiger partial charge in [-0.1, -0.05) is 13.8 Å². The summed E-state index contributed by atoms with van der Waals surface area (Å²) in [5.74, 6) is 1.75. The average Bonchev–Trinajstić information content (AvgIpc) is 3.21. The number of hydrogen-bond acceptors (Lipinski definition) is 4. The van der Waals surface area contributed by atoms with Gasteiger partial charge in [-0.05, 0) is 25.7 Å². The first-order chi connectivity index (χ1) is 12.1. The third kappa shape index (κ3) is 5.08. The summed E-state index contributed by atoms with van der Waals surface area (Å²) in [6, 6.07) is 0. The van der Waals surface area contributed by atoms with Crippen LogP contribution in [-0.4, -0.2) is 87.5 Å². The summed E-state index contributed by atoms with van der Waals surface area (Å²) in [6.45, 7) is 16.4. The van der Waals surface area contributed by atoms with Crippen LogP contribution in [0.25, 0.3) is 0 Å². The molecule has 144 valence electrons. The SMILES string of the molecule is CCNC(=NCC1CN(CC(C)C)CCO1)N1CCC2(CCOC2)C1. The number of likely N-dealkylation sites (tertiary alicyclic amines) is 1. The second-order valence-electron chi connectivity index (χ2n) is 8.31. The van der Waals surface area contributed by atoms with E-state index >= 15 is 0 Å². The van der Waals surface area contributed by atoms with Gasteiger partial charge in [-0.2, -0.15) is 0 Å². The number of ether oxygens (including phenoxy) is 2. The Kier molecular flexibility index (Phi) is 6.58. The van der Waals surface area contributed by atoms with Crippen LogP contribution in [-0.2, 0) is 9.47 Å². The third-order valence-electron chi connectivity index (χ3n) is 5.55. The molecule has 3 fully saturated rings. The van der Waals surface area contributed by atoms with Gasteiger partial charge in [-0.25, -0.2) is 0 Å². The van der Waals surface area contributed by atoms with Crippen LogP contribution in [0.4, 0.5) is 0 Å². The van der Waals surface area contributed by atoms with E-state index in [9.17, 15) is 0 Å². The first-order valence-electron chi connectivity index (χ1n) is 10.1. The summed E-state index contributed by atoms with van der Waals surface area (Å²) >= 11 is 0. The van der Waals surface area contributed by atoms with E-state index in [1.165, 1.54) is 12.8 Å². The summed E-state index contributed by atoms with van der Waals surface area (Å²) in [6.07, 6.45) is 2.63. The fourth-order valence-corrected chi connectivity index (χ4v) is 4.27. The smallest absolute Gasteiger partial charge is 0.194 e. The number of guanidine groups is 1. The number of nitrogens with one attached hydrogen (secondary N) is 1. The molecule has 2 atom stereocenters. The number of aliphatic imine (C=N–C) groups is 1. The Bertz CT molecular complexity index is 449. The van der Waals surface area contributed by atoms with E-state index in [1.54, 1.807) is 0 Å². The van der Waals surface area contributed by atoms with Crippen LogP contribution in [0.15, 0.2) is 4.99 Å². The predicted molar refractivity (Wildman–Crippen MR) is 101 cm³/mol. The molecular formula is C19H36N4O2. The molecule has 0 bridgehead atoms. The van der Waals surface area contributed by atoms with Crippen molar-refractivity contribution in [1.29, 1.82) is 0 Å². The summed E-state index contributed by atoms with van der Waals surface area (Å²) in [5, 5.41) is 3.48. The number of hydrogen-bond donors (Lipinski definition) is 1. The zero-order chi connectivity index (χ0) is 17.7. The minimum atomic E-state index is 0.215. The first kappa shape index (κ1) is 18.9. The molecule has 0 aromatic rings. The average molecular weight is 353 g/mol. The van der Waals surface area contributed by atoms with Crippen molar-refractivity contribution in [2.24, 2.45) is 16.3 Å². The van der Waals surface area contributed by atoms with Gasteiger partial charge in [0.1, 0.15) is 0 Å². The Labute approximate surface area is 152 Å². The molecule has 2 unspecified atom stereocenters. The van der Waals surface area contributed by atoms with Crippen molar-refractivity contribution in [3.63, 3.8) is 0 Å². The van der Waals surface area contributed by atoms with Gasteiger partial charge in [0.05, 0.1) is 25.9 Å². The highest BCUT2D eigenvalue weighted by atomic mass is 16.5. The molecule has 0 aliphatic carbocycles. The maximum atomic E-state index is 5.96.